The molecule has 9 heteroatoms. The van der Waals surface area contributed by atoms with E-state index in [-0.39, 0.29) is 42.3 Å². The molecule has 0 saturated heterocycles. The maximum absolute atomic E-state index is 10.5. The van der Waals surface area contributed by atoms with Gasteiger partial charge in [0, 0.05) is 17.3 Å². The maximum Gasteiger partial charge on any atom is 1.00 e. The standard InChI is InChI=1S/C9H13NO5S2.Na/c1-10(2-3-17(11,12)13)9-4-14-7-5-16-6-8(7)15-9;/h5-6,9H,2-4H2,1H3,(H,11,12,13);/q;+1/p-1. The predicted octanol–water partition coefficient (Wildman–Crippen LogP) is -2.67. The second kappa shape index (κ2) is 6.56. The van der Waals surface area contributed by atoms with Crippen molar-refractivity contribution in [3.8, 4) is 11.5 Å². The Bertz CT molecular complexity index is 489. The van der Waals surface area contributed by atoms with Gasteiger partial charge in [-0.3, -0.25) is 4.90 Å². The molecule has 1 atom stereocenters. The summed E-state index contributed by atoms with van der Waals surface area (Å²) in [5.74, 6) is 0.930. The molecule has 0 saturated carbocycles. The maximum atomic E-state index is 10.5. The van der Waals surface area contributed by atoms with E-state index in [0.717, 1.165) is 0 Å². The van der Waals surface area contributed by atoms with Crippen LogP contribution < -0.4 is 39.0 Å². The third kappa shape index (κ3) is 4.37. The van der Waals surface area contributed by atoms with Crippen LogP contribution in [0.3, 0.4) is 0 Å². The molecule has 2 heterocycles. The largest absolute Gasteiger partial charge is 1.00 e. The Morgan fingerprint density at radius 2 is 2.17 bits per heavy atom. The molecule has 1 aromatic rings. The molecule has 0 bridgehead atoms. The van der Waals surface area contributed by atoms with Crippen molar-refractivity contribution in [3.05, 3.63) is 10.8 Å². The smallest absolute Gasteiger partial charge is 0.748 e. The molecule has 6 nitrogen and oxygen atoms in total. The van der Waals surface area contributed by atoms with Gasteiger partial charge in [-0.25, -0.2) is 8.42 Å². The number of hydrogen-bond donors (Lipinski definition) is 0. The van der Waals surface area contributed by atoms with Crippen LogP contribution in [0.4, 0.5) is 0 Å². The molecule has 0 N–H and O–H groups in total. The molecule has 1 aromatic heterocycles. The summed E-state index contributed by atoms with van der Waals surface area (Å²) in [7, 11) is -2.50. The van der Waals surface area contributed by atoms with Crippen LogP contribution in [0.1, 0.15) is 0 Å². The summed E-state index contributed by atoms with van der Waals surface area (Å²) in [5, 5.41) is 3.66. The molecule has 18 heavy (non-hydrogen) atoms. The number of hydrogen-bond acceptors (Lipinski definition) is 7. The molecule has 0 spiro atoms. The van der Waals surface area contributed by atoms with Gasteiger partial charge in [-0.15, -0.1) is 11.3 Å². The van der Waals surface area contributed by atoms with E-state index >= 15 is 0 Å². The van der Waals surface area contributed by atoms with Crippen LogP contribution in [-0.2, 0) is 10.1 Å². The topological polar surface area (TPSA) is 78.9 Å². The van der Waals surface area contributed by atoms with Gasteiger partial charge in [0.2, 0.25) is 0 Å². The van der Waals surface area contributed by atoms with E-state index in [0.29, 0.717) is 18.1 Å². The van der Waals surface area contributed by atoms with Gasteiger partial charge in [0.15, 0.2) is 17.7 Å². The van der Waals surface area contributed by atoms with Crippen LogP contribution in [0.25, 0.3) is 0 Å². The number of ether oxygens (including phenoxy) is 2. The van der Waals surface area contributed by atoms with E-state index in [1.54, 1.807) is 11.9 Å². The van der Waals surface area contributed by atoms with Gasteiger partial charge >= 0.3 is 29.6 Å². The van der Waals surface area contributed by atoms with Gasteiger partial charge in [0.25, 0.3) is 0 Å². The zero-order valence-electron chi connectivity index (χ0n) is 10.2. The molecule has 0 radical (unpaired) electrons. The van der Waals surface area contributed by atoms with Crippen molar-refractivity contribution >= 4 is 21.5 Å². The van der Waals surface area contributed by atoms with Crippen LogP contribution in [-0.4, -0.2) is 50.1 Å². The van der Waals surface area contributed by atoms with Gasteiger partial charge in [0.1, 0.15) is 6.61 Å². The Balaban J connectivity index is 0.00000162. The second-order valence-electron chi connectivity index (χ2n) is 3.73. The van der Waals surface area contributed by atoms with Gasteiger partial charge in [-0.2, -0.15) is 0 Å². The van der Waals surface area contributed by atoms with Crippen LogP contribution in [0, 0.1) is 0 Å². The minimum Gasteiger partial charge on any atom is -0.748 e. The van der Waals surface area contributed by atoms with E-state index in [1.165, 1.54) is 11.3 Å². The molecular formula is C9H12NNaO5S2. The van der Waals surface area contributed by atoms with Crippen LogP contribution in [0.5, 0.6) is 11.5 Å². The van der Waals surface area contributed by atoms with Crippen molar-refractivity contribution < 1.29 is 52.0 Å². The molecule has 96 valence electrons. The summed E-state index contributed by atoms with van der Waals surface area (Å²) in [4.78, 5) is 1.65. The summed E-state index contributed by atoms with van der Waals surface area (Å²) < 4.78 is 42.6. The molecule has 1 aliphatic heterocycles. The summed E-state index contributed by atoms with van der Waals surface area (Å²) in [6, 6.07) is 0. The molecule has 0 aliphatic carbocycles. The molecule has 0 aromatic carbocycles. The van der Waals surface area contributed by atoms with E-state index in [4.69, 9.17) is 9.47 Å². The first-order valence-electron chi connectivity index (χ1n) is 4.95. The van der Waals surface area contributed by atoms with E-state index in [2.05, 4.69) is 0 Å². The summed E-state index contributed by atoms with van der Waals surface area (Å²) in [6.07, 6.45) is -0.362. The zero-order chi connectivity index (χ0) is 12.5. The monoisotopic (exact) mass is 301 g/mol. The Labute approximate surface area is 132 Å². The van der Waals surface area contributed by atoms with Crippen LogP contribution in [0.15, 0.2) is 10.8 Å². The molecular weight excluding hydrogens is 289 g/mol. The van der Waals surface area contributed by atoms with Crippen molar-refractivity contribution in [1.29, 1.82) is 0 Å². The SMILES string of the molecule is CN(CCS(=O)(=O)[O-])C1COc2cscc2O1.[Na+]. The number of thiophene rings is 1. The van der Waals surface area contributed by atoms with Gasteiger partial charge < -0.3 is 14.0 Å². The normalized spacial score (nSPS) is 18.5. The number of nitrogens with zero attached hydrogens (tertiary/aromatic N) is 1. The second-order valence-corrected chi connectivity index (χ2v) is 5.99. The third-order valence-corrected chi connectivity index (χ3v) is 3.81. The fourth-order valence-electron chi connectivity index (χ4n) is 1.42. The van der Waals surface area contributed by atoms with Crippen LogP contribution >= 0.6 is 11.3 Å². The Kier molecular flexibility index (Phi) is 5.91. The quantitative estimate of drug-likeness (QED) is 0.446. The van der Waals surface area contributed by atoms with Crippen molar-refractivity contribution in [1.82, 2.24) is 4.90 Å². The summed E-state index contributed by atoms with van der Waals surface area (Å²) in [5.41, 5.74) is 0. The van der Waals surface area contributed by atoms with Crippen molar-refractivity contribution in [3.63, 3.8) is 0 Å². The first-order valence-corrected chi connectivity index (χ1v) is 7.47. The Hall–Kier alpha value is 0.170. The molecule has 0 fully saturated rings. The summed E-state index contributed by atoms with van der Waals surface area (Å²) in [6.45, 7) is 0.443. The van der Waals surface area contributed by atoms with E-state index in [1.807, 2.05) is 10.8 Å². The van der Waals surface area contributed by atoms with Crippen molar-refractivity contribution in [2.45, 2.75) is 6.23 Å². The Morgan fingerprint density at radius 3 is 2.83 bits per heavy atom. The molecule has 2 rings (SSSR count). The van der Waals surface area contributed by atoms with Gasteiger partial charge in [0.05, 0.1) is 15.9 Å². The van der Waals surface area contributed by atoms with E-state index in [9.17, 15) is 13.0 Å². The molecule has 1 aliphatic rings. The van der Waals surface area contributed by atoms with Gasteiger partial charge in [-0.05, 0) is 7.05 Å². The predicted molar refractivity (Wildman–Crippen MR) is 61.4 cm³/mol. The number of fused-ring (bicyclic) bond motifs is 1. The minimum absolute atomic E-state index is 0. The van der Waals surface area contributed by atoms with Crippen molar-refractivity contribution in [2.24, 2.45) is 0 Å². The number of rotatable bonds is 4. The average Bonchev–Trinajstić information content (AvgIpc) is 2.71. The average molecular weight is 301 g/mol. The fourth-order valence-corrected chi connectivity index (χ4v) is 2.61. The van der Waals surface area contributed by atoms with Gasteiger partial charge in [-0.1, -0.05) is 0 Å². The zero-order valence-corrected chi connectivity index (χ0v) is 13.8. The Morgan fingerprint density at radius 1 is 1.50 bits per heavy atom. The number of likely N-dealkylation sites (N-methyl/N-ethyl adjacent to an activating group) is 1. The first-order chi connectivity index (χ1) is 7.96. The minimum atomic E-state index is -4.19. The molecule has 0 amide bonds. The molecule has 1 unspecified atom stereocenters. The van der Waals surface area contributed by atoms with Crippen molar-refractivity contribution in [2.75, 3.05) is 26.0 Å². The third-order valence-electron chi connectivity index (χ3n) is 2.42. The summed E-state index contributed by atoms with van der Waals surface area (Å²) >= 11 is 1.47. The fraction of sp³-hybridized carbons (Fsp3) is 0.556. The van der Waals surface area contributed by atoms with Crippen LogP contribution in [0.2, 0.25) is 0 Å². The van der Waals surface area contributed by atoms with E-state index < -0.39 is 15.9 Å². The first kappa shape index (κ1) is 16.2.